The molecule has 1 aliphatic heterocycles. The minimum Gasteiger partial charge on any atom is -0.260 e. The molecule has 0 spiro atoms. The standard InChI is InChI=1S/C7H10N4S2/c1-5-4-10-7(13-5)11(8)6-9-2-3-12-6/h4H,2-3,8H2,1H3. The second-order valence-corrected chi connectivity index (χ2v) is 4.91. The molecule has 0 saturated heterocycles. The summed E-state index contributed by atoms with van der Waals surface area (Å²) in [6, 6.07) is 0. The number of aliphatic imine (C=N–C) groups is 1. The molecule has 6 heteroatoms. The average Bonchev–Trinajstić information content (AvgIpc) is 2.72. The van der Waals surface area contributed by atoms with Crippen LogP contribution in [-0.4, -0.2) is 22.4 Å². The highest BCUT2D eigenvalue weighted by Crippen LogP contribution is 2.23. The summed E-state index contributed by atoms with van der Waals surface area (Å²) in [5.74, 6) is 6.86. The van der Waals surface area contributed by atoms with Crippen LogP contribution in [0.15, 0.2) is 11.2 Å². The van der Waals surface area contributed by atoms with Crippen LogP contribution in [-0.2, 0) is 0 Å². The molecule has 2 rings (SSSR count). The molecule has 0 saturated carbocycles. The molecule has 2 heterocycles. The van der Waals surface area contributed by atoms with Gasteiger partial charge in [0.25, 0.3) is 0 Å². The summed E-state index contributed by atoms with van der Waals surface area (Å²) in [4.78, 5) is 9.62. The molecule has 0 aliphatic carbocycles. The molecule has 1 aromatic heterocycles. The number of thiazole rings is 1. The quantitative estimate of drug-likeness (QED) is 0.564. The zero-order chi connectivity index (χ0) is 9.26. The number of hydrogen-bond donors (Lipinski definition) is 1. The maximum Gasteiger partial charge on any atom is 0.206 e. The van der Waals surface area contributed by atoms with E-state index in [0.717, 1.165) is 27.5 Å². The number of thioether (sulfide) groups is 1. The van der Waals surface area contributed by atoms with Gasteiger partial charge in [0, 0.05) is 16.8 Å². The van der Waals surface area contributed by atoms with Gasteiger partial charge in [0.1, 0.15) is 0 Å². The van der Waals surface area contributed by atoms with Crippen LogP contribution in [0, 0.1) is 6.92 Å². The zero-order valence-electron chi connectivity index (χ0n) is 7.23. The molecule has 0 atom stereocenters. The number of hydrazine groups is 1. The summed E-state index contributed by atoms with van der Waals surface area (Å²) in [6.07, 6.45) is 1.82. The van der Waals surface area contributed by atoms with E-state index in [4.69, 9.17) is 5.84 Å². The van der Waals surface area contributed by atoms with Crippen molar-refractivity contribution in [2.45, 2.75) is 6.92 Å². The van der Waals surface area contributed by atoms with Crippen molar-refractivity contribution in [3.8, 4) is 0 Å². The molecule has 13 heavy (non-hydrogen) atoms. The number of aryl methyl sites for hydroxylation is 1. The summed E-state index contributed by atoms with van der Waals surface area (Å²) in [5, 5.41) is 3.25. The number of anilines is 1. The van der Waals surface area contributed by atoms with Crippen LogP contribution < -0.4 is 10.9 Å². The second kappa shape index (κ2) is 3.65. The molecule has 0 aromatic carbocycles. The van der Waals surface area contributed by atoms with E-state index in [0.29, 0.717) is 0 Å². The fraction of sp³-hybridized carbons (Fsp3) is 0.429. The Morgan fingerprint density at radius 3 is 3.00 bits per heavy atom. The number of nitrogens with zero attached hydrogens (tertiary/aromatic N) is 3. The molecular formula is C7H10N4S2. The van der Waals surface area contributed by atoms with Gasteiger partial charge in [-0.2, -0.15) is 0 Å². The topological polar surface area (TPSA) is 54.5 Å². The van der Waals surface area contributed by atoms with Crippen molar-refractivity contribution in [1.29, 1.82) is 0 Å². The predicted octanol–water partition coefficient (Wildman–Crippen LogP) is 1.23. The summed E-state index contributed by atoms with van der Waals surface area (Å²) in [6.45, 7) is 2.87. The Kier molecular flexibility index (Phi) is 2.52. The van der Waals surface area contributed by atoms with Crippen molar-refractivity contribution in [2.75, 3.05) is 17.3 Å². The first-order valence-electron chi connectivity index (χ1n) is 3.92. The smallest absolute Gasteiger partial charge is 0.206 e. The van der Waals surface area contributed by atoms with E-state index < -0.39 is 0 Å². The molecule has 70 valence electrons. The molecule has 1 aliphatic rings. The van der Waals surface area contributed by atoms with Gasteiger partial charge < -0.3 is 0 Å². The number of nitrogens with two attached hydrogens (primary N) is 1. The van der Waals surface area contributed by atoms with E-state index >= 15 is 0 Å². The third-order valence-electron chi connectivity index (χ3n) is 1.59. The molecule has 0 radical (unpaired) electrons. The van der Waals surface area contributed by atoms with Gasteiger partial charge in [0.2, 0.25) is 5.13 Å². The van der Waals surface area contributed by atoms with Crippen molar-refractivity contribution in [3.63, 3.8) is 0 Å². The molecule has 4 nitrogen and oxygen atoms in total. The van der Waals surface area contributed by atoms with Gasteiger partial charge in [-0.25, -0.2) is 15.8 Å². The van der Waals surface area contributed by atoms with E-state index in [1.807, 2.05) is 13.1 Å². The third kappa shape index (κ3) is 1.84. The van der Waals surface area contributed by atoms with Crippen LogP contribution in [0.2, 0.25) is 0 Å². The fourth-order valence-corrected chi connectivity index (χ4v) is 2.52. The van der Waals surface area contributed by atoms with Crippen LogP contribution in [0.5, 0.6) is 0 Å². The van der Waals surface area contributed by atoms with E-state index in [1.54, 1.807) is 28.1 Å². The lowest BCUT2D eigenvalue weighted by Crippen LogP contribution is -2.34. The molecule has 0 fully saturated rings. The number of aromatic nitrogens is 1. The number of hydrogen-bond acceptors (Lipinski definition) is 6. The van der Waals surface area contributed by atoms with E-state index in [9.17, 15) is 0 Å². The highest BCUT2D eigenvalue weighted by Gasteiger charge is 2.16. The molecule has 1 aromatic rings. The summed E-state index contributed by atoms with van der Waals surface area (Å²) in [5.41, 5.74) is 0. The molecule has 0 amide bonds. The van der Waals surface area contributed by atoms with Gasteiger partial charge >= 0.3 is 0 Å². The van der Waals surface area contributed by atoms with Crippen molar-refractivity contribution in [1.82, 2.24) is 4.98 Å². The van der Waals surface area contributed by atoms with Gasteiger partial charge in [0.15, 0.2) is 5.17 Å². The van der Waals surface area contributed by atoms with Crippen molar-refractivity contribution >= 4 is 33.4 Å². The highest BCUT2D eigenvalue weighted by molar-refractivity contribution is 8.14. The lowest BCUT2D eigenvalue weighted by molar-refractivity contribution is 1.09. The largest absolute Gasteiger partial charge is 0.260 e. The Balaban J connectivity index is 2.16. The minimum atomic E-state index is 0.811. The lowest BCUT2D eigenvalue weighted by Gasteiger charge is -2.12. The maximum atomic E-state index is 5.84. The Bertz CT molecular complexity index is 333. The lowest BCUT2D eigenvalue weighted by atomic mass is 10.7. The molecule has 0 unspecified atom stereocenters. The first kappa shape index (κ1) is 8.98. The maximum absolute atomic E-state index is 5.84. The molecule has 2 N–H and O–H groups in total. The SMILES string of the molecule is Cc1cnc(N(N)C2=NCCS2)s1. The van der Waals surface area contributed by atoms with E-state index in [1.165, 1.54) is 0 Å². The van der Waals surface area contributed by atoms with Crippen molar-refractivity contribution in [2.24, 2.45) is 10.8 Å². The van der Waals surface area contributed by atoms with Crippen LogP contribution in [0.4, 0.5) is 5.13 Å². The predicted molar refractivity (Wildman–Crippen MR) is 58.3 cm³/mol. The van der Waals surface area contributed by atoms with Crippen LogP contribution in [0.1, 0.15) is 4.88 Å². The summed E-state index contributed by atoms with van der Waals surface area (Å²) in [7, 11) is 0. The first-order valence-corrected chi connectivity index (χ1v) is 5.72. The normalized spacial score (nSPS) is 16.0. The van der Waals surface area contributed by atoms with E-state index in [2.05, 4.69) is 9.98 Å². The third-order valence-corrected chi connectivity index (χ3v) is 3.47. The van der Waals surface area contributed by atoms with Gasteiger partial charge in [-0.15, -0.1) is 11.3 Å². The van der Waals surface area contributed by atoms with Crippen LogP contribution >= 0.6 is 23.1 Å². The Hall–Kier alpha value is -0.590. The second-order valence-electron chi connectivity index (χ2n) is 2.64. The van der Waals surface area contributed by atoms with Gasteiger partial charge in [0.05, 0.1) is 6.54 Å². The Morgan fingerprint density at radius 2 is 2.46 bits per heavy atom. The molecule has 0 bridgehead atoms. The number of amidine groups is 1. The highest BCUT2D eigenvalue weighted by atomic mass is 32.2. The Morgan fingerprint density at radius 1 is 1.62 bits per heavy atom. The van der Waals surface area contributed by atoms with Crippen LogP contribution in [0.3, 0.4) is 0 Å². The fourth-order valence-electron chi connectivity index (χ4n) is 1.01. The van der Waals surface area contributed by atoms with Crippen molar-refractivity contribution < 1.29 is 0 Å². The zero-order valence-corrected chi connectivity index (χ0v) is 8.86. The summed E-state index contributed by atoms with van der Waals surface area (Å²) < 4.78 is 0. The van der Waals surface area contributed by atoms with Gasteiger partial charge in [-0.3, -0.25) is 4.99 Å². The van der Waals surface area contributed by atoms with Crippen molar-refractivity contribution in [3.05, 3.63) is 11.1 Å². The monoisotopic (exact) mass is 214 g/mol. The van der Waals surface area contributed by atoms with Crippen LogP contribution in [0.25, 0.3) is 0 Å². The Labute approximate surface area is 84.8 Å². The first-order chi connectivity index (χ1) is 6.27. The number of rotatable bonds is 1. The average molecular weight is 214 g/mol. The van der Waals surface area contributed by atoms with Gasteiger partial charge in [-0.1, -0.05) is 11.8 Å². The molecular weight excluding hydrogens is 204 g/mol. The van der Waals surface area contributed by atoms with Gasteiger partial charge in [-0.05, 0) is 6.92 Å². The van der Waals surface area contributed by atoms with E-state index in [-0.39, 0.29) is 0 Å². The minimum absolute atomic E-state index is 0.811. The summed E-state index contributed by atoms with van der Waals surface area (Å²) >= 11 is 3.25.